The van der Waals surface area contributed by atoms with Crippen molar-refractivity contribution in [1.82, 2.24) is 19.3 Å². The summed E-state index contributed by atoms with van der Waals surface area (Å²) >= 11 is 0. The second kappa shape index (κ2) is 9.11. The van der Waals surface area contributed by atoms with E-state index in [1.54, 1.807) is 19.1 Å². The average Bonchev–Trinajstić information content (AvgIpc) is 3.25. The average molecular weight is 461 g/mol. The third kappa shape index (κ3) is 4.61. The van der Waals surface area contributed by atoms with Crippen LogP contribution < -0.4 is 0 Å². The number of rotatable bonds is 5. The molecule has 2 aliphatic heterocycles. The summed E-state index contributed by atoms with van der Waals surface area (Å²) in [7, 11) is -3.71. The number of carbonyl (C=O) groups excluding carboxylic acids is 2. The summed E-state index contributed by atoms with van der Waals surface area (Å²) in [5, 5.41) is 3.85. The Morgan fingerprint density at radius 3 is 2.53 bits per heavy atom. The van der Waals surface area contributed by atoms with Gasteiger partial charge in [0.05, 0.1) is 10.8 Å². The number of aryl methyl sites for hydroxylation is 1. The molecule has 0 radical (unpaired) electrons. The van der Waals surface area contributed by atoms with Crippen molar-refractivity contribution in [3.63, 3.8) is 0 Å². The molecule has 0 N–H and O–H groups in total. The number of piperidine rings is 2. The monoisotopic (exact) mass is 460 g/mol. The van der Waals surface area contributed by atoms with Crippen LogP contribution in [0.2, 0.25) is 0 Å². The molecule has 0 bridgehead atoms. The Morgan fingerprint density at radius 1 is 1.12 bits per heavy atom. The Kier molecular flexibility index (Phi) is 6.43. The van der Waals surface area contributed by atoms with Crippen molar-refractivity contribution in [1.29, 1.82) is 0 Å². The predicted molar refractivity (Wildman–Crippen MR) is 116 cm³/mol. The van der Waals surface area contributed by atoms with E-state index < -0.39 is 10.0 Å². The van der Waals surface area contributed by atoms with Crippen LogP contribution in [0.25, 0.3) is 0 Å². The zero-order valence-electron chi connectivity index (χ0n) is 18.4. The van der Waals surface area contributed by atoms with E-state index in [1.807, 2.05) is 4.90 Å². The Bertz CT molecular complexity index is 1110. The highest BCUT2D eigenvalue weighted by molar-refractivity contribution is 7.89. The van der Waals surface area contributed by atoms with E-state index in [4.69, 9.17) is 4.52 Å². The molecule has 4 rings (SSSR count). The van der Waals surface area contributed by atoms with Crippen LogP contribution in [-0.2, 0) is 14.8 Å². The number of benzene rings is 1. The molecule has 2 fully saturated rings. The Balaban J connectivity index is 1.38. The van der Waals surface area contributed by atoms with Crippen molar-refractivity contribution in [2.45, 2.75) is 50.3 Å². The summed E-state index contributed by atoms with van der Waals surface area (Å²) in [5.41, 5.74) is 0.368. The molecule has 0 spiro atoms. The SMILES string of the molecule is CC(=O)c1cccc(S(=O)(=O)N2CCC(C(=O)N3CCCC(c4nc(C)no4)C3)CC2)c1. The molecule has 172 valence electrons. The lowest BCUT2D eigenvalue weighted by molar-refractivity contribution is -0.138. The van der Waals surface area contributed by atoms with E-state index in [1.165, 1.54) is 23.4 Å². The van der Waals surface area contributed by atoms with Crippen LogP contribution >= 0.6 is 0 Å². The summed E-state index contributed by atoms with van der Waals surface area (Å²) in [6.45, 7) is 4.99. The molecule has 9 nitrogen and oxygen atoms in total. The second-order valence-electron chi connectivity index (χ2n) is 8.57. The molecule has 2 saturated heterocycles. The number of Topliss-reactive ketones (excluding diaryl/α,β-unsaturated/α-hetero) is 1. The third-order valence-electron chi connectivity index (χ3n) is 6.31. The highest BCUT2D eigenvalue weighted by atomic mass is 32.2. The standard InChI is InChI=1S/C22H28N4O5S/c1-15(27)18-5-3-7-20(13-18)32(29,30)26-11-8-17(9-12-26)22(28)25-10-4-6-19(14-25)21-23-16(2)24-31-21/h3,5,7,13,17,19H,4,6,8-12,14H2,1-2H3. The number of likely N-dealkylation sites (tertiary alicyclic amines) is 1. The summed E-state index contributed by atoms with van der Waals surface area (Å²) in [4.78, 5) is 31.0. The lowest BCUT2D eigenvalue weighted by Gasteiger charge is -2.36. The summed E-state index contributed by atoms with van der Waals surface area (Å²) < 4.78 is 32.8. The summed E-state index contributed by atoms with van der Waals surface area (Å²) in [6.07, 6.45) is 2.73. The van der Waals surface area contributed by atoms with E-state index in [0.717, 1.165) is 12.8 Å². The van der Waals surface area contributed by atoms with Gasteiger partial charge in [0.15, 0.2) is 11.6 Å². The Labute approximate surface area is 187 Å². The van der Waals surface area contributed by atoms with Gasteiger partial charge in [-0.25, -0.2) is 8.42 Å². The van der Waals surface area contributed by atoms with Gasteiger partial charge in [0.1, 0.15) is 0 Å². The fourth-order valence-electron chi connectivity index (χ4n) is 4.48. The molecule has 0 saturated carbocycles. The van der Waals surface area contributed by atoms with Crippen molar-refractivity contribution in [3.05, 3.63) is 41.5 Å². The molecule has 2 aromatic rings. The topological polar surface area (TPSA) is 114 Å². The third-order valence-corrected chi connectivity index (χ3v) is 8.20. The molecule has 1 amide bonds. The van der Waals surface area contributed by atoms with Crippen molar-refractivity contribution >= 4 is 21.7 Å². The van der Waals surface area contributed by atoms with Crippen molar-refractivity contribution < 1.29 is 22.5 Å². The van der Waals surface area contributed by atoms with Crippen LogP contribution in [0.4, 0.5) is 0 Å². The van der Waals surface area contributed by atoms with Gasteiger partial charge in [-0.3, -0.25) is 9.59 Å². The van der Waals surface area contributed by atoms with Crippen LogP contribution in [0.3, 0.4) is 0 Å². The number of hydrogen-bond donors (Lipinski definition) is 0. The fraction of sp³-hybridized carbons (Fsp3) is 0.545. The number of nitrogens with zero attached hydrogens (tertiary/aromatic N) is 4. The first-order valence-corrected chi connectivity index (χ1v) is 12.4. The lowest BCUT2D eigenvalue weighted by Crippen LogP contribution is -2.46. The Hall–Kier alpha value is -2.59. The molecular formula is C22H28N4O5S. The quantitative estimate of drug-likeness (QED) is 0.630. The summed E-state index contributed by atoms with van der Waals surface area (Å²) in [6, 6.07) is 6.11. The molecule has 1 unspecified atom stereocenters. The highest BCUT2D eigenvalue weighted by Crippen LogP contribution is 2.30. The van der Waals surface area contributed by atoms with Gasteiger partial charge in [0.2, 0.25) is 21.8 Å². The smallest absolute Gasteiger partial charge is 0.243 e. The van der Waals surface area contributed by atoms with E-state index >= 15 is 0 Å². The van der Waals surface area contributed by atoms with Crippen LogP contribution in [0.5, 0.6) is 0 Å². The van der Waals surface area contributed by atoms with Crippen molar-refractivity contribution in [2.75, 3.05) is 26.2 Å². The molecule has 1 aromatic carbocycles. The molecule has 3 heterocycles. The van der Waals surface area contributed by atoms with Gasteiger partial charge < -0.3 is 9.42 Å². The number of hydrogen-bond acceptors (Lipinski definition) is 7. The molecule has 0 aliphatic carbocycles. The largest absolute Gasteiger partial charge is 0.342 e. The van der Waals surface area contributed by atoms with Crippen molar-refractivity contribution in [3.8, 4) is 0 Å². The minimum atomic E-state index is -3.71. The van der Waals surface area contributed by atoms with Gasteiger partial charge in [-0.1, -0.05) is 17.3 Å². The van der Waals surface area contributed by atoms with Gasteiger partial charge in [-0.05, 0) is 51.7 Å². The van der Waals surface area contributed by atoms with E-state index in [9.17, 15) is 18.0 Å². The van der Waals surface area contributed by atoms with Gasteiger partial charge in [-0.15, -0.1) is 0 Å². The maximum atomic E-state index is 13.1. The highest BCUT2D eigenvalue weighted by Gasteiger charge is 2.36. The number of carbonyl (C=O) groups is 2. The molecule has 1 atom stereocenters. The minimum absolute atomic E-state index is 0.0444. The normalized spacial score (nSPS) is 20.9. The Morgan fingerprint density at radius 2 is 1.88 bits per heavy atom. The van der Waals surface area contributed by atoms with Crippen LogP contribution in [-0.4, -0.2) is 65.6 Å². The van der Waals surface area contributed by atoms with E-state index in [-0.39, 0.29) is 41.5 Å². The number of aromatic nitrogens is 2. The lowest BCUT2D eigenvalue weighted by atomic mass is 9.93. The number of amides is 1. The zero-order valence-corrected chi connectivity index (χ0v) is 19.2. The second-order valence-corrected chi connectivity index (χ2v) is 10.5. The number of sulfonamides is 1. The first-order chi connectivity index (χ1) is 15.3. The minimum Gasteiger partial charge on any atom is -0.342 e. The van der Waals surface area contributed by atoms with Gasteiger partial charge >= 0.3 is 0 Å². The summed E-state index contributed by atoms with van der Waals surface area (Å²) in [5.74, 6) is 0.902. The predicted octanol–water partition coefficient (Wildman–Crippen LogP) is 2.39. The van der Waals surface area contributed by atoms with Crippen LogP contribution in [0.15, 0.2) is 33.7 Å². The fourth-order valence-corrected chi connectivity index (χ4v) is 6.00. The number of ketones is 1. The van der Waals surface area contributed by atoms with Gasteiger partial charge in [0, 0.05) is 37.7 Å². The first kappa shape index (κ1) is 22.6. The van der Waals surface area contributed by atoms with Crippen LogP contribution in [0.1, 0.15) is 60.6 Å². The molecule has 10 heteroatoms. The molecule has 2 aliphatic rings. The molecular weight excluding hydrogens is 432 g/mol. The van der Waals surface area contributed by atoms with Gasteiger partial charge in [-0.2, -0.15) is 9.29 Å². The first-order valence-electron chi connectivity index (χ1n) is 11.0. The maximum absolute atomic E-state index is 13.1. The van der Waals surface area contributed by atoms with Crippen molar-refractivity contribution in [2.24, 2.45) is 5.92 Å². The molecule has 1 aromatic heterocycles. The van der Waals surface area contributed by atoms with E-state index in [2.05, 4.69) is 10.1 Å². The molecule has 32 heavy (non-hydrogen) atoms. The van der Waals surface area contributed by atoms with Gasteiger partial charge in [0.25, 0.3) is 0 Å². The maximum Gasteiger partial charge on any atom is 0.243 e. The van der Waals surface area contributed by atoms with E-state index in [0.29, 0.717) is 43.2 Å². The van der Waals surface area contributed by atoms with Crippen LogP contribution in [0, 0.1) is 12.8 Å². The zero-order chi connectivity index (χ0) is 22.9.